The highest BCUT2D eigenvalue weighted by atomic mass is 16.5. The average molecular weight is 221 g/mol. The zero-order valence-electron chi connectivity index (χ0n) is 10.2. The van der Waals surface area contributed by atoms with Crippen molar-refractivity contribution >= 4 is 5.91 Å². The standard InChI is InChI=1S/C13H19NO2/c1-4-14-13(15)7-8-16-12-6-5-10(2)11(3)9-12/h5-6,9H,4,7-8H2,1-3H3,(H,14,15). The number of nitrogens with one attached hydrogen (secondary N) is 1. The predicted molar refractivity (Wildman–Crippen MR) is 64.7 cm³/mol. The lowest BCUT2D eigenvalue weighted by atomic mass is 10.1. The topological polar surface area (TPSA) is 38.3 Å². The van der Waals surface area contributed by atoms with Gasteiger partial charge in [-0.15, -0.1) is 0 Å². The first-order valence-electron chi connectivity index (χ1n) is 5.60. The van der Waals surface area contributed by atoms with Crippen molar-refractivity contribution in [3.63, 3.8) is 0 Å². The smallest absolute Gasteiger partial charge is 0.223 e. The van der Waals surface area contributed by atoms with E-state index in [1.54, 1.807) is 0 Å². The molecule has 0 aliphatic heterocycles. The normalized spacial score (nSPS) is 9.94. The zero-order chi connectivity index (χ0) is 12.0. The lowest BCUT2D eigenvalue weighted by Crippen LogP contribution is -2.24. The van der Waals surface area contributed by atoms with Crippen LogP contribution in [0.15, 0.2) is 18.2 Å². The van der Waals surface area contributed by atoms with E-state index in [1.165, 1.54) is 11.1 Å². The Hall–Kier alpha value is -1.51. The van der Waals surface area contributed by atoms with Crippen molar-refractivity contribution in [2.75, 3.05) is 13.2 Å². The molecule has 0 bridgehead atoms. The van der Waals surface area contributed by atoms with Crippen LogP contribution in [0.2, 0.25) is 0 Å². The van der Waals surface area contributed by atoms with E-state index in [0.717, 1.165) is 5.75 Å². The third-order valence-electron chi connectivity index (χ3n) is 2.45. The summed E-state index contributed by atoms with van der Waals surface area (Å²) in [4.78, 5) is 11.2. The maximum absolute atomic E-state index is 11.2. The molecule has 1 aromatic rings. The van der Waals surface area contributed by atoms with Crippen LogP contribution in [0.1, 0.15) is 24.5 Å². The lowest BCUT2D eigenvalue weighted by Gasteiger charge is -2.08. The Morgan fingerprint density at radius 3 is 2.69 bits per heavy atom. The van der Waals surface area contributed by atoms with Crippen LogP contribution in [0.5, 0.6) is 5.75 Å². The minimum Gasteiger partial charge on any atom is -0.493 e. The van der Waals surface area contributed by atoms with Gasteiger partial charge in [0, 0.05) is 6.54 Å². The van der Waals surface area contributed by atoms with Crippen LogP contribution in [0.25, 0.3) is 0 Å². The lowest BCUT2D eigenvalue weighted by molar-refractivity contribution is -0.121. The second-order valence-corrected chi connectivity index (χ2v) is 3.80. The second-order valence-electron chi connectivity index (χ2n) is 3.80. The van der Waals surface area contributed by atoms with E-state index in [2.05, 4.69) is 12.2 Å². The number of amides is 1. The highest BCUT2D eigenvalue weighted by Gasteiger charge is 2.01. The van der Waals surface area contributed by atoms with Gasteiger partial charge in [0.25, 0.3) is 0 Å². The Labute approximate surface area is 96.8 Å². The van der Waals surface area contributed by atoms with Gasteiger partial charge in [0.1, 0.15) is 5.75 Å². The van der Waals surface area contributed by atoms with Crippen molar-refractivity contribution in [2.45, 2.75) is 27.2 Å². The summed E-state index contributed by atoms with van der Waals surface area (Å²) in [6.07, 6.45) is 0.404. The SMILES string of the molecule is CCNC(=O)CCOc1ccc(C)c(C)c1. The number of carbonyl (C=O) groups excluding carboxylic acids is 1. The monoisotopic (exact) mass is 221 g/mol. The van der Waals surface area contributed by atoms with Crippen molar-refractivity contribution in [2.24, 2.45) is 0 Å². The molecule has 0 spiro atoms. The summed E-state index contributed by atoms with van der Waals surface area (Å²) in [5.74, 6) is 0.860. The minimum atomic E-state index is 0.0336. The van der Waals surface area contributed by atoms with Crippen molar-refractivity contribution in [3.05, 3.63) is 29.3 Å². The number of benzene rings is 1. The molecule has 16 heavy (non-hydrogen) atoms. The van der Waals surface area contributed by atoms with Gasteiger partial charge in [0.15, 0.2) is 0 Å². The van der Waals surface area contributed by atoms with Gasteiger partial charge in [0.05, 0.1) is 13.0 Å². The fourth-order valence-electron chi connectivity index (χ4n) is 1.35. The molecule has 0 heterocycles. The maximum atomic E-state index is 11.2. The van der Waals surface area contributed by atoms with Gasteiger partial charge >= 0.3 is 0 Å². The van der Waals surface area contributed by atoms with E-state index in [1.807, 2.05) is 32.0 Å². The Morgan fingerprint density at radius 2 is 2.06 bits per heavy atom. The molecular weight excluding hydrogens is 202 g/mol. The van der Waals surface area contributed by atoms with Crippen LogP contribution in [0, 0.1) is 13.8 Å². The summed E-state index contributed by atoms with van der Waals surface area (Å²) in [5.41, 5.74) is 2.45. The third-order valence-corrected chi connectivity index (χ3v) is 2.45. The van der Waals surface area contributed by atoms with E-state index in [-0.39, 0.29) is 5.91 Å². The second kappa shape index (κ2) is 6.16. The molecule has 0 saturated carbocycles. The van der Waals surface area contributed by atoms with Crippen LogP contribution in [0.4, 0.5) is 0 Å². The van der Waals surface area contributed by atoms with Gasteiger partial charge in [-0.25, -0.2) is 0 Å². The molecule has 0 atom stereocenters. The summed E-state index contributed by atoms with van der Waals surface area (Å²) in [5, 5.41) is 2.73. The molecule has 1 rings (SSSR count). The highest BCUT2D eigenvalue weighted by Crippen LogP contribution is 2.16. The number of rotatable bonds is 5. The molecule has 0 unspecified atom stereocenters. The van der Waals surface area contributed by atoms with Crippen LogP contribution in [-0.4, -0.2) is 19.1 Å². The molecule has 1 aromatic carbocycles. The third kappa shape index (κ3) is 3.93. The molecule has 0 aliphatic rings. The summed E-state index contributed by atoms with van der Waals surface area (Å²) in [7, 11) is 0. The molecule has 3 heteroatoms. The quantitative estimate of drug-likeness (QED) is 0.827. The van der Waals surface area contributed by atoms with Gasteiger partial charge < -0.3 is 10.1 Å². The van der Waals surface area contributed by atoms with E-state index in [4.69, 9.17) is 4.74 Å². The number of hydrogen-bond acceptors (Lipinski definition) is 2. The molecule has 1 amide bonds. The van der Waals surface area contributed by atoms with Gasteiger partial charge in [-0.05, 0) is 44.0 Å². The number of aryl methyl sites for hydroxylation is 2. The van der Waals surface area contributed by atoms with Crippen LogP contribution in [-0.2, 0) is 4.79 Å². The number of hydrogen-bond donors (Lipinski definition) is 1. The van der Waals surface area contributed by atoms with Crippen LogP contribution < -0.4 is 10.1 Å². The first-order chi connectivity index (χ1) is 7.63. The van der Waals surface area contributed by atoms with Crippen molar-refractivity contribution in [1.82, 2.24) is 5.32 Å². The predicted octanol–water partition coefficient (Wildman–Crippen LogP) is 2.21. The summed E-state index contributed by atoms with van der Waals surface area (Å²) >= 11 is 0. The summed E-state index contributed by atoms with van der Waals surface area (Å²) in [6.45, 7) is 7.11. The van der Waals surface area contributed by atoms with Crippen molar-refractivity contribution in [1.29, 1.82) is 0 Å². The number of carbonyl (C=O) groups is 1. The van der Waals surface area contributed by atoms with Gasteiger partial charge in [-0.2, -0.15) is 0 Å². The van der Waals surface area contributed by atoms with Crippen molar-refractivity contribution < 1.29 is 9.53 Å². The fourth-order valence-corrected chi connectivity index (χ4v) is 1.35. The van der Waals surface area contributed by atoms with Crippen molar-refractivity contribution in [3.8, 4) is 5.75 Å². The van der Waals surface area contributed by atoms with Crippen LogP contribution in [0.3, 0.4) is 0 Å². The van der Waals surface area contributed by atoms with Gasteiger partial charge in [-0.3, -0.25) is 4.79 Å². The van der Waals surface area contributed by atoms with E-state index in [0.29, 0.717) is 19.6 Å². The van der Waals surface area contributed by atoms with E-state index < -0.39 is 0 Å². The zero-order valence-corrected chi connectivity index (χ0v) is 10.2. The maximum Gasteiger partial charge on any atom is 0.223 e. The summed E-state index contributed by atoms with van der Waals surface area (Å²) in [6, 6.07) is 5.95. The Bertz CT molecular complexity index is 361. The molecule has 88 valence electrons. The molecule has 1 N–H and O–H groups in total. The Kier molecular flexibility index (Phi) is 4.83. The highest BCUT2D eigenvalue weighted by molar-refractivity contribution is 5.75. The largest absolute Gasteiger partial charge is 0.493 e. The average Bonchev–Trinajstić information content (AvgIpc) is 2.24. The molecule has 0 radical (unpaired) electrons. The molecule has 0 saturated heterocycles. The van der Waals surface area contributed by atoms with Crippen LogP contribution >= 0.6 is 0 Å². The molecule has 0 aromatic heterocycles. The van der Waals surface area contributed by atoms with E-state index >= 15 is 0 Å². The van der Waals surface area contributed by atoms with Gasteiger partial charge in [-0.1, -0.05) is 6.07 Å². The van der Waals surface area contributed by atoms with E-state index in [9.17, 15) is 4.79 Å². The molecule has 3 nitrogen and oxygen atoms in total. The molecular formula is C13H19NO2. The molecule has 0 fully saturated rings. The van der Waals surface area contributed by atoms with Gasteiger partial charge in [0.2, 0.25) is 5.91 Å². The number of ether oxygens (including phenoxy) is 1. The first kappa shape index (κ1) is 12.6. The Morgan fingerprint density at radius 1 is 1.31 bits per heavy atom. The Balaban J connectivity index is 2.37. The summed E-state index contributed by atoms with van der Waals surface area (Å²) < 4.78 is 5.50. The minimum absolute atomic E-state index is 0.0336. The first-order valence-corrected chi connectivity index (χ1v) is 5.60. The fraction of sp³-hybridized carbons (Fsp3) is 0.462. The molecule has 0 aliphatic carbocycles.